The second-order valence-electron chi connectivity index (χ2n) is 5.47. The Labute approximate surface area is 116 Å². The van der Waals surface area contributed by atoms with Crippen molar-refractivity contribution in [2.75, 3.05) is 13.1 Å². The summed E-state index contributed by atoms with van der Waals surface area (Å²) in [6, 6.07) is 8.87. The van der Waals surface area contributed by atoms with Gasteiger partial charge >= 0.3 is 0 Å². The van der Waals surface area contributed by atoms with Gasteiger partial charge in [0, 0.05) is 18.9 Å². The highest BCUT2D eigenvalue weighted by molar-refractivity contribution is 5.84. The van der Waals surface area contributed by atoms with E-state index in [0.29, 0.717) is 24.0 Å². The molecule has 0 bridgehead atoms. The number of hydrogen-bond acceptors (Lipinski definition) is 2. The molecule has 2 heteroatoms. The van der Waals surface area contributed by atoms with Gasteiger partial charge in [-0.2, -0.15) is 0 Å². The van der Waals surface area contributed by atoms with Crippen LogP contribution in [-0.4, -0.2) is 23.8 Å². The molecule has 0 aromatic heterocycles. The molecule has 1 aromatic rings. The second-order valence-corrected chi connectivity index (χ2v) is 5.47. The van der Waals surface area contributed by atoms with Crippen LogP contribution in [0.5, 0.6) is 0 Å². The molecule has 0 aliphatic heterocycles. The van der Waals surface area contributed by atoms with Crippen molar-refractivity contribution in [3.8, 4) is 0 Å². The zero-order chi connectivity index (χ0) is 13.8. The first-order valence-corrected chi connectivity index (χ1v) is 7.53. The van der Waals surface area contributed by atoms with Gasteiger partial charge in [-0.25, -0.2) is 0 Å². The minimum Gasteiger partial charge on any atom is -0.300 e. The van der Waals surface area contributed by atoms with Gasteiger partial charge in [-0.3, -0.25) is 9.69 Å². The van der Waals surface area contributed by atoms with Crippen LogP contribution in [0.4, 0.5) is 0 Å². The number of carbonyl (C=O) groups is 1. The highest BCUT2D eigenvalue weighted by Crippen LogP contribution is 2.48. The Morgan fingerprint density at radius 2 is 1.79 bits per heavy atom. The molecule has 0 amide bonds. The Morgan fingerprint density at radius 3 is 2.32 bits per heavy atom. The summed E-state index contributed by atoms with van der Waals surface area (Å²) in [5, 5.41) is 0. The molecular formula is C17H25NO. The predicted octanol–water partition coefficient (Wildman–Crippen LogP) is 3.61. The normalized spacial score (nSPS) is 21.7. The van der Waals surface area contributed by atoms with Crippen LogP contribution >= 0.6 is 0 Å². The van der Waals surface area contributed by atoms with Gasteiger partial charge in [0.05, 0.1) is 0 Å². The lowest BCUT2D eigenvalue weighted by Gasteiger charge is -2.18. The van der Waals surface area contributed by atoms with Crippen LogP contribution in [-0.2, 0) is 11.3 Å². The van der Waals surface area contributed by atoms with Gasteiger partial charge in [-0.1, -0.05) is 45.0 Å². The summed E-state index contributed by atoms with van der Waals surface area (Å²) in [7, 11) is 0. The summed E-state index contributed by atoms with van der Waals surface area (Å²) in [6.45, 7) is 9.56. The van der Waals surface area contributed by atoms with Crippen molar-refractivity contribution in [1.82, 2.24) is 4.90 Å². The molecule has 104 valence electrons. The average Bonchev–Trinajstić information content (AvgIpc) is 3.25. The lowest BCUT2D eigenvalue weighted by molar-refractivity contribution is -0.120. The molecule has 1 saturated carbocycles. The summed E-state index contributed by atoms with van der Waals surface area (Å²) in [6.07, 6.45) is 1.74. The highest BCUT2D eigenvalue weighted by Gasteiger charge is 2.42. The third-order valence-electron chi connectivity index (χ3n) is 4.26. The van der Waals surface area contributed by atoms with E-state index in [4.69, 9.17) is 0 Å². The van der Waals surface area contributed by atoms with Crippen molar-refractivity contribution in [1.29, 1.82) is 0 Å². The fourth-order valence-electron chi connectivity index (χ4n) is 2.76. The maximum absolute atomic E-state index is 11.6. The Morgan fingerprint density at radius 1 is 1.16 bits per heavy atom. The molecule has 1 aliphatic carbocycles. The second kappa shape index (κ2) is 6.33. The molecule has 2 rings (SSSR count). The molecule has 19 heavy (non-hydrogen) atoms. The van der Waals surface area contributed by atoms with E-state index in [0.717, 1.165) is 26.1 Å². The van der Waals surface area contributed by atoms with Gasteiger partial charge in [-0.15, -0.1) is 0 Å². The molecule has 0 heterocycles. The van der Waals surface area contributed by atoms with Gasteiger partial charge in [0.1, 0.15) is 5.78 Å². The predicted molar refractivity (Wildman–Crippen MR) is 79.2 cm³/mol. The smallest absolute Gasteiger partial charge is 0.136 e. The topological polar surface area (TPSA) is 20.3 Å². The Balaban J connectivity index is 1.94. The molecule has 2 nitrogen and oxygen atoms in total. The molecule has 1 fully saturated rings. The van der Waals surface area contributed by atoms with E-state index < -0.39 is 0 Å². The van der Waals surface area contributed by atoms with E-state index in [-0.39, 0.29) is 0 Å². The number of hydrogen-bond donors (Lipinski definition) is 0. The van der Waals surface area contributed by atoms with Crippen LogP contribution in [0.15, 0.2) is 24.3 Å². The Hall–Kier alpha value is -1.15. The molecule has 1 aliphatic rings. The zero-order valence-corrected chi connectivity index (χ0v) is 12.4. The number of nitrogens with zero attached hydrogens (tertiary/aromatic N) is 1. The molecule has 2 atom stereocenters. The average molecular weight is 259 g/mol. The third-order valence-corrected chi connectivity index (χ3v) is 4.26. The first-order valence-electron chi connectivity index (χ1n) is 7.53. The van der Waals surface area contributed by atoms with E-state index in [1.54, 1.807) is 0 Å². The monoisotopic (exact) mass is 259 g/mol. The molecular weight excluding hydrogens is 234 g/mol. The maximum atomic E-state index is 11.6. The lowest BCUT2D eigenvalue weighted by Crippen LogP contribution is -2.21. The van der Waals surface area contributed by atoms with Crippen LogP contribution < -0.4 is 0 Å². The van der Waals surface area contributed by atoms with Crippen molar-refractivity contribution >= 4 is 5.78 Å². The quantitative estimate of drug-likeness (QED) is 0.745. The minimum atomic E-state index is 0.304. The van der Waals surface area contributed by atoms with Gasteiger partial charge in [0.25, 0.3) is 0 Å². The highest BCUT2D eigenvalue weighted by atomic mass is 16.1. The fraction of sp³-hybridized carbons (Fsp3) is 0.588. The number of rotatable bonds is 7. The van der Waals surface area contributed by atoms with E-state index in [2.05, 4.69) is 43.0 Å². The van der Waals surface area contributed by atoms with Gasteiger partial charge in [0.2, 0.25) is 0 Å². The molecule has 0 N–H and O–H groups in total. The van der Waals surface area contributed by atoms with E-state index in [1.807, 2.05) is 6.92 Å². The maximum Gasteiger partial charge on any atom is 0.136 e. The lowest BCUT2D eigenvalue weighted by atomic mass is 10.0. The van der Waals surface area contributed by atoms with E-state index in [9.17, 15) is 4.79 Å². The van der Waals surface area contributed by atoms with Crippen LogP contribution in [0.1, 0.15) is 50.7 Å². The van der Waals surface area contributed by atoms with Crippen molar-refractivity contribution in [3.63, 3.8) is 0 Å². The van der Waals surface area contributed by atoms with Gasteiger partial charge in [-0.05, 0) is 36.6 Å². The number of benzene rings is 1. The van der Waals surface area contributed by atoms with E-state index >= 15 is 0 Å². The van der Waals surface area contributed by atoms with Crippen LogP contribution in [0, 0.1) is 5.92 Å². The van der Waals surface area contributed by atoms with Gasteiger partial charge < -0.3 is 0 Å². The van der Waals surface area contributed by atoms with Crippen molar-refractivity contribution in [2.45, 2.75) is 46.1 Å². The number of Topliss-reactive ketones (excluding diaryl/α,β-unsaturated/α-hetero) is 1. The largest absolute Gasteiger partial charge is 0.300 e. The summed E-state index contributed by atoms with van der Waals surface area (Å²) < 4.78 is 0. The van der Waals surface area contributed by atoms with Crippen LogP contribution in [0.2, 0.25) is 0 Å². The standard InChI is InChI=1S/C17H25NO/c1-4-17(19)16-11-15(16)14-9-7-13(8-10-14)12-18(5-2)6-3/h7-10,15-16H,4-6,11-12H2,1-3H3. The van der Waals surface area contributed by atoms with E-state index in [1.165, 1.54) is 11.1 Å². The number of ketones is 1. The summed E-state index contributed by atoms with van der Waals surface area (Å²) in [5.41, 5.74) is 2.71. The third kappa shape index (κ3) is 3.44. The Kier molecular flexibility index (Phi) is 4.76. The molecule has 1 aromatic carbocycles. The summed E-state index contributed by atoms with van der Waals surface area (Å²) >= 11 is 0. The fourth-order valence-corrected chi connectivity index (χ4v) is 2.76. The van der Waals surface area contributed by atoms with Gasteiger partial charge in [0.15, 0.2) is 0 Å². The minimum absolute atomic E-state index is 0.304. The number of carbonyl (C=O) groups excluding carboxylic acids is 1. The SMILES string of the molecule is CCC(=O)C1CC1c1ccc(CN(CC)CC)cc1. The molecule has 2 unspecified atom stereocenters. The molecule has 0 saturated heterocycles. The molecule has 0 radical (unpaired) electrons. The van der Waals surface area contributed by atoms with Crippen LogP contribution in [0.3, 0.4) is 0 Å². The van der Waals surface area contributed by atoms with Crippen molar-refractivity contribution < 1.29 is 4.79 Å². The van der Waals surface area contributed by atoms with Crippen molar-refractivity contribution in [3.05, 3.63) is 35.4 Å². The summed E-state index contributed by atoms with van der Waals surface area (Å²) in [5.74, 6) is 1.23. The first-order chi connectivity index (χ1) is 9.19. The molecule has 0 spiro atoms. The zero-order valence-electron chi connectivity index (χ0n) is 12.4. The van der Waals surface area contributed by atoms with Crippen LogP contribution in [0.25, 0.3) is 0 Å². The first kappa shape index (κ1) is 14.3. The summed E-state index contributed by atoms with van der Waals surface area (Å²) in [4.78, 5) is 14.1. The van der Waals surface area contributed by atoms with Crippen molar-refractivity contribution in [2.24, 2.45) is 5.92 Å². The Bertz CT molecular complexity index is 419.